The zero-order valence-electron chi connectivity index (χ0n) is 19.9. The Morgan fingerprint density at radius 2 is 1.62 bits per heavy atom. The average Bonchev–Trinajstić information content (AvgIpc) is 3.34. The highest BCUT2D eigenvalue weighted by atomic mass is 32.2. The van der Waals surface area contributed by atoms with Crippen LogP contribution in [0.3, 0.4) is 0 Å². The quantitative estimate of drug-likeness (QED) is 0.213. The van der Waals surface area contributed by atoms with Crippen molar-refractivity contribution < 1.29 is 14.3 Å². The zero-order valence-corrected chi connectivity index (χ0v) is 21.5. The Morgan fingerprint density at radius 1 is 0.865 bits per heavy atom. The first-order valence-corrected chi connectivity index (χ1v) is 13.2. The summed E-state index contributed by atoms with van der Waals surface area (Å²) in [5.74, 6) is 0.298. The Kier molecular flexibility index (Phi) is 7.49. The summed E-state index contributed by atoms with van der Waals surface area (Å²) in [5, 5.41) is 5.98. The second-order valence-electron chi connectivity index (χ2n) is 8.10. The fourth-order valence-electron chi connectivity index (χ4n) is 3.73. The summed E-state index contributed by atoms with van der Waals surface area (Å²) in [5.41, 5.74) is 2.89. The maximum atomic E-state index is 13.4. The molecule has 0 saturated carbocycles. The van der Waals surface area contributed by atoms with E-state index in [1.54, 1.807) is 31.4 Å². The van der Waals surface area contributed by atoms with Crippen LogP contribution < -0.4 is 15.4 Å². The second-order valence-corrected chi connectivity index (χ2v) is 10.3. The van der Waals surface area contributed by atoms with Gasteiger partial charge in [-0.2, -0.15) is 0 Å². The van der Waals surface area contributed by atoms with Gasteiger partial charge in [-0.3, -0.25) is 9.59 Å². The lowest BCUT2D eigenvalue weighted by atomic mass is 10.1. The van der Waals surface area contributed by atoms with Crippen LogP contribution in [0.4, 0.5) is 10.8 Å². The van der Waals surface area contributed by atoms with Gasteiger partial charge in [0.05, 0.1) is 17.3 Å². The molecule has 0 fully saturated rings. The summed E-state index contributed by atoms with van der Waals surface area (Å²) in [6.45, 7) is 0. The first-order valence-electron chi connectivity index (χ1n) is 11.5. The number of ether oxygens (including phenoxy) is 1. The molecule has 2 amide bonds. The van der Waals surface area contributed by atoms with Crippen molar-refractivity contribution in [3.63, 3.8) is 0 Å². The number of carbonyl (C=O) groups is 2. The van der Waals surface area contributed by atoms with Crippen molar-refractivity contribution in [2.24, 2.45) is 0 Å². The molecule has 0 bridgehead atoms. The molecule has 0 aliphatic rings. The summed E-state index contributed by atoms with van der Waals surface area (Å²) < 4.78 is 6.17. The molecule has 5 aromatic rings. The minimum Gasteiger partial charge on any atom is -0.497 e. The Balaban J connectivity index is 1.34. The van der Waals surface area contributed by atoms with Crippen molar-refractivity contribution in [2.45, 2.75) is 10.1 Å². The van der Waals surface area contributed by atoms with Crippen molar-refractivity contribution >= 4 is 55.9 Å². The monoisotopic (exact) mass is 525 g/mol. The molecular weight excluding hydrogens is 502 g/mol. The molecule has 0 aliphatic heterocycles. The minimum absolute atomic E-state index is 0.164. The van der Waals surface area contributed by atoms with Crippen molar-refractivity contribution in [3.05, 3.63) is 114 Å². The smallest absolute Gasteiger partial charge is 0.255 e. The highest BCUT2D eigenvalue weighted by Gasteiger charge is 2.23. The molecule has 1 heterocycles. The number of rotatable bonds is 8. The molecule has 6 nitrogen and oxygen atoms in total. The molecule has 0 spiro atoms. The lowest BCUT2D eigenvalue weighted by molar-refractivity contribution is -0.115. The molecule has 2 N–H and O–H groups in total. The number of carbonyl (C=O) groups excluding carboxylic acids is 2. The first-order chi connectivity index (χ1) is 18.1. The Labute approximate surface area is 222 Å². The van der Waals surface area contributed by atoms with Gasteiger partial charge >= 0.3 is 0 Å². The van der Waals surface area contributed by atoms with Crippen LogP contribution in [0.5, 0.6) is 5.75 Å². The van der Waals surface area contributed by atoms with Gasteiger partial charge < -0.3 is 15.4 Å². The third kappa shape index (κ3) is 5.99. The summed E-state index contributed by atoms with van der Waals surface area (Å²) >= 11 is 2.86. The lowest BCUT2D eigenvalue weighted by Crippen LogP contribution is -2.19. The number of amides is 2. The topological polar surface area (TPSA) is 80.3 Å². The standard InChI is InChI=1S/C29H23N3O3S2/c1-35-22-16-14-20(15-17-22)27(33)30-21-10-7-11-23(18-21)36-26(19-8-3-2-4-9-19)28(34)32-29-31-24-12-5-6-13-25(24)37-29/h2-18,26H,1H3,(H,30,33)(H,31,32,34). The normalized spacial score (nSPS) is 11.6. The maximum absolute atomic E-state index is 13.4. The molecule has 37 heavy (non-hydrogen) atoms. The predicted octanol–water partition coefficient (Wildman–Crippen LogP) is 7.03. The number of fused-ring (bicyclic) bond motifs is 1. The van der Waals surface area contributed by atoms with E-state index in [2.05, 4.69) is 15.6 Å². The number of hydrogen-bond acceptors (Lipinski definition) is 6. The van der Waals surface area contributed by atoms with Gasteiger partial charge in [-0.05, 0) is 60.2 Å². The SMILES string of the molecule is COc1ccc(C(=O)Nc2cccc(SC(C(=O)Nc3nc4ccccc4s3)c3ccccc3)c2)cc1. The van der Waals surface area contributed by atoms with Crippen LogP contribution in [0.25, 0.3) is 10.2 Å². The third-order valence-electron chi connectivity index (χ3n) is 5.56. The average molecular weight is 526 g/mol. The molecule has 0 radical (unpaired) electrons. The van der Waals surface area contributed by atoms with Crippen LogP contribution in [0, 0.1) is 0 Å². The van der Waals surface area contributed by atoms with E-state index in [9.17, 15) is 9.59 Å². The molecule has 0 aliphatic carbocycles. The molecule has 1 unspecified atom stereocenters. The molecule has 8 heteroatoms. The number of aromatic nitrogens is 1. The van der Waals surface area contributed by atoms with Crippen molar-refractivity contribution in [2.75, 3.05) is 17.7 Å². The molecule has 184 valence electrons. The van der Waals surface area contributed by atoms with E-state index in [4.69, 9.17) is 4.74 Å². The van der Waals surface area contributed by atoms with E-state index in [1.807, 2.05) is 78.9 Å². The number of para-hydroxylation sites is 1. The Bertz CT molecular complexity index is 1500. The number of hydrogen-bond donors (Lipinski definition) is 2. The van der Waals surface area contributed by atoms with Crippen LogP contribution in [0.1, 0.15) is 21.2 Å². The molecule has 0 saturated heterocycles. The minimum atomic E-state index is -0.513. The first kappa shape index (κ1) is 24.5. The van der Waals surface area contributed by atoms with Gasteiger partial charge in [0.25, 0.3) is 5.91 Å². The van der Waals surface area contributed by atoms with Gasteiger partial charge in [-0.1, -0.05) is 59.9 Å². The summed E-state index contributed by atoms with van der Waals surface area (Å²) in [6.07, 6.45) is 0. The predicted molar refractivity (Wildman–Crippen MR) is 151 cm³/mol. The Morgan fingerprint density at radius 3 is 2.38 bits per heavy atom. The summed E-state index contributed by atoms with van der Waals surface area (Å²) in [7, 11) is 1.58. The third-order valence-corrected chi connectivity index (χ3v) is 7.76. The molecule has 4 aromatic carbocycles. The number of methoxy groups -OCH3 is 1. The molecular formula is C29H23N3O3S2. The van der Waals surface area contributed by atoms with Crippen molar-refractivity contribution in [1.29, 1.82) is 0 Å². The largest absolute Gasteiger partial charge is 0.497 e. The van der Waals surface area contributed by atoms with Gasteiger partial charge in [0.15, 0.2) is 5.13 Å². The highest BCUT2D eigenvalue weighted by Crippen LogP contribution is 2.38. The van der Waals surface area contributed by atoms with Crippen LogP contribution >= 0.6 is 23.1 Å². The number of nitrogens with one attached hydrogen (secondary N) is 2. The van der Waals surface area contributed by atoms with E-state index >= 15 is 0 Å². The van der Waals surface area contributed by atoms with E-state index in [1.165, 1.54) is 23.1 Å². The number of thioether (sulfide) groups is 1. The van der Waals surface area contributed by atoms with E-state index in [-0.39, 0.29) is 11.8 Å². The van der Waals surface area contributed by atoms with Crippen LogP contribution in [0.2, 0.25) is 0 Å². The van der Waals surface area contributed by atoms with Crippen LogP contribution in [-0.2, 0) is 4.79 Å². The molecule has 1 atom stereocenters. The van der Waals surface area contributed by atoms with Crippen molar-refractivity contribution in [3.8, 4) is 5.75 Å². The van der Waals surface area contributed by atoms with Crippen LogP contribution in [-0.4, -0.2) is 23.9 Å². The lowest BCUT2D eigenvalue weighted by Gasteiger charge is -2.17. The molecule has 5 rings (SSSR count). The van der Waals surface area contributed by atoms with Crippen LogP contribution in [0.15, 0.2) is 108 Å². The zero-order chi connectivity index (χ0) is 25.6. The maximum Gasteiger partial charge on any atom is 0.255 e. The van der Waals surface area contributed by atoms with E-state index < -0.39 is 5.25 Å². The van der Waals surface area contributed by atoms with Crippen molar-refractivity contribution in [1.82, 2.24) is 4.98 Å². The second kappa shape index (κ2) is 11.3. The van der Waals surface area contributed by atoms with Gasteiger partial charge in [0.2, 0.25) is 5.91 Å². The fraction of sp³-hybridized carbons (Fsp3) is 0.0690. The number of benzene rings is 4. The van der Waals surface area contributed by atoms with Gasteiger partial charge in [0.1, 0.15) is 11.0 Å². The molecule has 1 aromatic heterocycles. The highest BCUT2D eigenvalue weighted by molar-refractivity contribution is 8.00. The van der Waals surface area contributed by atoms with Gasteiger partial charge in [-0.15, -0.1) is 11.8 Å². The van der Waals surface area contributed by atoms with Gasteiger partial charge in [-0.25, -0.2) is 4.98 Å². The fourth-order valence-corrected chi connectivity index (χ4v) is 5.68. The number of nitrogens with zero attached hydrogens (tertiary/aromatic N) is 1. The Hall–Kier alpha value is -4.14. The number of thiazole rings is 1. The number of anilines is 2. The summed E-state index contributed by atoms with van der Waals surface area (Å²) in [4.78, 5) is 31.6. The summed E-state index contributed by atoms with van der Waals surface area (Å²) in [6, 6.07) is 31.8. The van der Waals surface area contributed by atoms with E-state index in [0.717, 1.165) is 20.7 Å². The van der Waals surface area contributed by atoms with E-state index in [0.29, 0.717) is 22.1 Å². The van der Waals surface area contributed by atoms with Gasteiger partial charge in [0, 0.05) is 16.1 Å².